The third-order valence-corrected chi connectivity index (χ3v) is 3.15. The maximum Gasteiger partial charge on any atom is 0.118 e. The van der Waals surface area contributed by atoms with Crippen molar-refractivity contribution in [3.63, 3.8) is 0 Å². The molecule has 0 radical (unpaired) electrons. The summed E-state index contributed by atoms with van der Waals surface area (Å²) in [6.45, 7) is 0. The topological polar surface area (TPSA) is 29.5 Å². The molecule has 0 aromatic heterocycles. The molecular weight excluding hydrogens is 200 g/mol. The van der Waals surface area contributed by atoms with Gasteiger partial charge in [0.15, 0.2) is 0 Å². The SMILES string of the molecule is COc1ccc(C(O)C2C=CCCC2)cc1. The van der Waals surface area contributed by atoms with Gasteiger partial charge < -0.3 is 9.84 Å². The van der Waals surface area contributed by atoms with Gasteiger partial charge in [-0.25, -0.2) is 0 Å². The van der Waals surface area contributed by atoms with E-state index in [0.717, 1.165) is 24.2 Å². The highest BCUT2D eigenvalue weighted by atomic mass is 16.5. The van der Waals surface area contributed by atoms with Crippen LogP contribution in [0.1, 0.15) is 30.9 Å². The predicted molar refractivity (Wildman–Crippen MR) is 64.4 cm³/mol. The Kier molecular flexibility index (Phi) is 3.62. The number of allylic oxidation sites excluding steroid dienone is 1. The molecule has 2 atom stereocenters. The van der Waals surface area contributed by atoms with Crippen LogP contribution in [0.4, 0.5) is 0 Å². The lowest BCUT2D eigenvalue weighted by Crippen LogP contribution is -2.12. The Bertz CT molecular complexity index is 354. The van der Waals surface area contributed by atoms with Crippen LogP contribution in [0.25, 0.3) is 0 Å². The maximum absolute atomic E-state index is 10.2. The van der Waals surface area contributed by atoms with Crippen molar-refractivity contribution in [1.82, 2.24) is 0 Å². The molecule has 2 heteroatoms. The van der Waals surface area contributed by atoms with Crippen LogP contribution in [0.5, 0.6) is 5.75 Å². The summed E-state index contributed by atoms with van der Waals surface area (Å²) in [6, 6.07) is 7.66. The van der Waals surface area contributed by atoms with Crippen LogP contribution >= 0.6 is 0 Å². The quantitative estimate of drug-likeness (QED) is 0.790. The van der Waals surface area contributed by atoms with Crippen molar-refractivity contribution in [3.8, 4) is 5.75 Å². The second-order valence-corrected chi connectivity index (χ2v) is 4.24. The summed E-state index contributed by atoms with van der Waals surface area (Å²) in [4.78, 5) is 0. The van der Waals surface area contributed by atoms with Crippen molar-refractivity contribution < 1.29 is 9.84 Å². The van der Waals surface area contributed by atoms with Crippen LogP contribution in [-0.2, 0) is 0 Å². The van der Waals surface area contributed by atoms with Crippen molar-refractivity contribution in [2.45, 2.75) is 25.4 Å². The van der Waals surface area contributed by atoms with Crippen molar-refractivity contribution in [1.29, 1.82) is 0 Å². The Hall–Kier alpha value is -1.28. The molecule has 0 saturated heterocycles. The summed E-state index contributed by atoms with van der Waals surface area (Å²) in [5.41, 5.74) is 0.970. The lowest BCUT2D eigenvalue weighted by atomic mass is 9.87. The molecule has 0 saturated carbocycles. The van der Waals surface area contributed by atoms with Gasteiger partial charge in [0.05, 0.1) is 13.2 Å². The first-order chi connectivity index (χ1) is 7.81. The van der Waals surface area contributed by atoms with Gasteiger partial charge in [0.1, 0.15) is 5.75 Å². The van der Waals surface area contributed by atoms with Crippen LogP contribution in [0.2, 0.25) is 0 Å². The zero-order valence-corrected chi connectivity index (χ0v) is 9.60. The van der Waals surface area contributed by atoms with Crippen LogP contribution in [0, 0.1) is 5.92 Å². The first-order valence-corrected chi connectivity index (χ1v) is 5.80. The minimum absolute atomic E-state index is 0.266. The summed E-state index contributed by atoms with van der Waals surface area (Å²) in [7, 11) is 1.65. The number of methoxy groups -OCH3 is 1. The lowest BCUT2D eigenvalue weighted by molar-refractivity contribution is 0.123. The molecule has 2 rings (SSSR count). The Labute approximate surface area is 96.6 Å². The largest absolute Gasteiger partial charge is 0.497 e. The summed E-state index contributed by atoms with van der Waals surface area (Å²) >= 11 is 0. The van der Waals surface area contributed by atoms with E-state index in [9.17, 15) is 5.11 Å². The third-order valence-electron chi connectivity index (χ3n) is 3.15. The van der Waals surface area contributed by atoms with E-state index in [1.54, 1.807) is 7.11 Å². The fraction of sp³-hybridized carbons (Fsp3) is 0.429. The minimum atomic E-state index is -0.387. The summed E-state index contributed by atoms with van der Waals surface area (Å²) in [6.07, 6.45) is 7.31. The van der Waals surface area contributed by atoms with E-state index in [-0.39, 0.29) is 12.0 Å². The Morgan fingerprint density at radius 2 is 2.06 bits per heavy atom. The Balaban J connectivity index is 2.10. The number of rotatable bonds is 3. The summed E-state index contributed by atoms with van der Waals surface area (Å²) < 4.78 is 5.10. The molecule has 2 nitrogen and oxygen atoms in total. The fourth-order valence-corrected chi connectivity index (χ4v) is 2.15. The zero-order chi connectivity index (χ0) is 11.4. The van der Waals surface area contributed by atoms with Gasteiger partial charge in [-0.2, -0.15) is 0 Å². The first kappa shape index (κ1) is 11.2. The highest BCUT2D eigenvalue weighted by Gasteiger charge is 2.19. The van der Waals surface area contributed by atoms with Crippen LogP contribution in [0.3, 0.4) is 0 Å². The molecule has 16 heavy (non-hydrogen) atoms. The third kappa shape index (κ3) is 2.45. The zero-order valence-electron chi connectivity index (χ0n) is 9.60. The highest BCUT2D eigenvalue weighted by molar-refractivity contribution is 5.29. The minimum Gasteiger partial charge on any atom is -0.497 e. The number of benzene rings is 1. The molecule has 86 valence electrons. The van der Waals surface area contributed by atoms with Crippen molar-refractivity contribution in [2.75, 3.05) is 7.11 Å². The average molecular weight is 218 g/mol. The van der Waals surface area contributed by atoms with E-state index in [1.807, 2.05) is 24.3 Å². The van der Waals surface area contributed by atoms with Crippen molar-refractivity contribution in [3.05, 3.63) is 42.0 Å². The number of hydrogen-bond donors (Lipinski definition) is 1. The first-order valence-electron chi connectivity index (χ1n) is 5.80. The monoisotopic (exact) mass is 218 g/mol. The van der Waals surface area contributed by atoms with E-state index in [4.69, 9.17) is 4.74 Å². The van der Waals surface area contributed by atoms with Crippen molar-refractivity contribution >= 4 is 0 Å². The van der Waals surface area contributed by atoms with E-state index >= 15 is 0 Å². The van der Waals surface area contributed by atoms with E-state index in [2.05, 4.69) is 12.2 Å². The van der Waals surface area contributed by atoms with Gasteiger partial charge in [0, 0.05) is 5.92 Å². The van der Waals surface area contributed by atoms with Gasteiger partial charge in [-0.3, -0.25) is 0 Å². The molecule has 2 unspecified atom stereocenters. The Morgan fingerprint density at radius 1 is 1.31 bits per heavy atom. The highest BCUT2D eigenvalue weighted by Crippen LogP contribution is 2.30. The van der Waals surface area contributed by atoms with Gasteiger partial charge in [0.2, 0.25) is 0 Å². The molecule has 0 aliphatic heterocycles. The van der Waals surface area contributed by atoms with Gasteiger partial charge in [-0.1, -0.05) is 24.3 Å². The van der Waals surface area contributed by atoms with E-state index in [1.165, 1.54) is 6.42 Å². The maximum atomic E-state index is 10.2. The molecule has 0 fully saturated rings. The molecule has 0 bridgehead atoms. The smallest absolute Gasteiger partial charge is 0.118 e. The van der Waals surface area contributed by atoms with E-state index in [0.29, 0.717) is 0 Å². The predicted octanol–water partition coefficient (Wildman–Crippen LogP) is 3.08. The average Bonchev–Trinajstić information content (AvgIpc) is 2.39. The number of ether oxygens (including phenoxy) is 1. The van der Waals surface area contributed by atoms with Gasteiger partial charge in [-0.05, 0) is 37.0 Å². The van der Waals surface area contributed by atoms with Gasteiger partial charge in [0.25, 0.3) is 0 Å². The second kappa shape index (κ2) is 5.17. The van der Waals surface area contributed by atoms with E-state index < -0.39 is 0 Å². The molecule has 1 N–H and O–H groups in total. The fourth-order valence-electron chi connectivity index (χ4n) is 2.15. The molecule has 1 aromatic rings. The molecule has 1 aliphatic rings. The molecule has 0 amide bonds. The summed E-state index contributed by atoms with van der Waals surface area (Å²) in [5.74, 6) is 1.09. The van der Waals surface area contributed by atoms with Crippen molar-refractivity contribution in [2.24, 2.45) is 5.92 Å². The van der Waals surface area contributed by atoms with Crippen LogP contribution < -0.4 is 4.74 Å². The number of hydrogen-bond acceptors (Lipinski definition) is 2. The molecule has 1 aromatic carbocycles. The molecule has 1 aliphatic carbocycles. The standard InChI is InChI=1S/C14H18O2/c1-16-13-9-7-12(8-10-13)14(15)11-5-3-2-4-6-11/h3,5,7-11,14-15H,2,4,6H2,1H3. The second-order valence-electron chi connectivity index (χ2n) is 4.24. The van der Waals surface area contributed by atoms with Crippen LogP contribution in [0.15, 0.2) is 36.4 Å². The molecule has 0 spiro atoms. The lowest BCUT2D eigenvalue weighted by Gasteiger charge is -2.22. The summed E-state index contributed by atoms with van der Waals surface area (Å²) in [5, 5.41) is 10.2. The number of aliphatic hydroxyl groups excluding tert-OH is 1. The normalized spacial score (nSPS) is 21.8. The number of aliphatic hydroxyl groups is 1. The van der Waals surface area contributed by atoms with Crippen LogP contribution in [-0.4, -0.2) is 12.2 Å². The molecule has 0 heterocycles. The van der Waals surface area contributed by atoms with Gasteiger partial charge >= 0.3 is 0 Å². The Morgan fingerprint density at radius 3 is 2.62 bits per heavy atom. The van der Waals surface area contributed by atoms with Gasteiger partial charge in [-0.15, -0.1) is 0 Å². The molecular formula is C14H18O2.